The molecule has 0 atom stereocenters. The summed E-state index contributed by atoms with van der Waals surface area (Å²) in [6.07, 6.45) is 2.26. The second-order valence-corrected chi connectivity index (χ2v) is 4.80. The zero-order valence-corrected chi connectivity index (χ0v) is 11.1. The lowest BCUT2D eigenvalue weighted by Gasteiger charge is -2.07. The van der Waals surface area contributed by atoms with E-state index in [0.717, 1.165) is 5.69 Å². The molecule has 5 nitrogen and oxygen atoms in total. The number of aliphatic carboxylic acids is 1. The Balaban J connectivity index is 2.18. The number of carbonyl (C=O) groups is 1. The molecule has 0 aliphatic rings. The smallest absolute Gasteiger partial charge is 0.303 e. The molecule has 0 radical (unpaired) electrons. The number of aromatic nitrogens is 3. The van der Waals surface area contributed by atoms with Crippen LogP contribution in [0.15, 0.2) is 30.5 Å². The molecule has 0 bridgehead atoms. The lowest BCUT2D eigenvalue weighted by Crippen LogP contribution is -1.97. The van der Waals surface area contributed by atoms with Crippen molar-refractivity contribution in [3.8, 4) is 5.69 Å². The van der Waals surface area contributed by atoms with Crippen molar-refractivity contribution in [1.82, 2.24) is 15.0 Å². The fourth-order valence-electron chi connectivity index (χ4n) is 1.80. The van der Waals surface area contributed by atoms with Crippen LogP contribution in [0, 0.1) is 0 Å². The maximum Gasteiger partial charge on any atom is 0.303 e. The van der Waals surface area contributed by atoms with Gasteiger partial charge in [0.25, 0.3) is 0 Å². The molecule has 1 N–H and O–H groups in total. The zero-order chi connectivity index (χ0) is 13.8. The molecule has 0 unspecified atom stereocenters. The second-order valence-electron chi connectivity index (χ2n) is 4.80. The van der Waals surface area contributed by atoms with Gasteiger partial charge in [-0.2, -0.15) is 0 Å². The van der Waals surface area contributed by atoms with Gasteiger partial charge in [0, 0.05) is 6.42 Å². The molecule has 0 saturated heterocycles. The van der Waals surface area contributed by atoms with Gasteiger partial charge < -0.3 is 5.11 Å². The Bertz CT molecular complexity index is 576. The first-order valence-electron chi connectivity index (χ1n) is 6.29. The number of hydrogen-bond donors (Lipinski definition) is 1. The summed E-state index contributed by atoms with van der Waals surface area (Å²) in [5, 5.41) is 16.7. The molecule has 1 aromatic carbocycles. The standard InChI is InChI=1S/C14H17N3O2/c1-10(2)11-4-3-5-13(8-11)17-9-12(15-16-17)6-7-14(18)19/h3-5,8-10H,6-7H2,1-2H3,(H,18,19). The second kappa shape index (κ2) is 5.65. The van der Waals surface area contributed by atoms with Gasteiger partial charge in [0.15, 0.2) is 0 Å². The molecule has 0 amide bonds. The summed E-state index contributed by atoms with van der Waals surface area (Å²) in [5.41, 5.74) is 2.87. The monoisotopic (exact) mass is 259 g/mol. The molecule has 19 heavy (non-hydrogen) atoms. The highest BCUT2D eigenvalue weighted by atomic mass is 16.4. The van der Waals surface area contributed by atoms with E-state index in [0.29, 0.717) is 18.0 Å². The largest absolute Gasteiger partial charge is 0.481 e. The Hall–Kier alpha value is -2.17. The van der Waals surface area contributed by atoms with Gasteiger partial charge in [0.1, 0.15) is 0 Å². The maximum absolute atomic E-state index is 10.5. The highest BCUT2D eigenvalue weighted by Crippen LogP contribution is 2.17. The van der Waals surface area contributed by atoms with Crippen LogP contribution in [-0.4, -0.2) is 26.1 Å². The Morgan fingerprint density at radius 2 is 2.21 bits per heavy atom. The van der Waals surface area contributed by atoms with Crippen LogP contribution in [0.4, 0.5) is 0 Å². The van der Waals surface area contributed by atoms with Gasteiger partial charge in [-0.25, -0.2) is 4.68 Å². The van der Waals surface area contributed by atoms with E-state index < -0.39 is 5.97 Å². The number of aryl methyl sites for hydroxylation is 1. The predicted molar refractivity (Wildman–Crippen MR) is 71.4 cm³/mol. The minimum atomic E-state index is -0.823. The van der Waals surface area contributed by atoms with Gasteiger partial charge in [-0.3, -0.25) is 4.79 Å². The number of nitrogens with zero attached hydrogens (tertiary/aromatic N) is 3. The fraction of sp³-hybridized carbons (Fsp3) is 0.357. The highest BCUT2D eigenvalue weighted by molar-refractivity contribution is 5.66. The van der Waals surface area contributed by atoms with Crippen LogP contribution in [-0.2, 0) is 11.2 Å². The van der Waals surface area contributed by atoms with Crippen molar-refractivity contribution in [1.29, 1.82) is 0 Å². The average Bonchev–Trinajstić information content (AvgIpc) is 2.85. The van der Waals surface area contributed by atoms with Crippen LogP contribution in [0.1, 0.15) is 37.4 Å². The third-order valence-corrected chi connectivity index (χ3v) is 2.94. The molecule has 1 heterocycles. The van der Waals surface area contributed by atoms with E-state index >= 15 is 0 Å². The van der Waals surface area contributed by atoms with Crippen LogP contribution in [0.2, 0.25) is 0 Å². The van der Waals surface area contributed by atoms with E-state index in [4.69, 9.17) is 5.11 Å². The summed E-state index contributed by atoms with van der Waals surface area (Å²) in [7, 11) is 0. The van der Waals surface area contributed by atoms with E-state index in [1.54, 1.807) is 10.9 Å². The summed E-state index contributed by atoms with van der Waals surface area (Å²) >= 11 is 0. The highest BCUT2D eigenvalue weighted by Gasteiger charge is 2.06. The lowest BCUT2D eigenvalue weighted by atomic mass is 10.0. The predicted octanol–water partition coefficient (Wildman–Crippen LogP) is 2.41. The van der Waals surface area contributed by atoms with Crippen molar-refractivity contribution in [2.24, 2.45) is 0 Å². The van der Waals surface area contributed by atoms with Gasteiger partial charge in [-0.15, -0.1) is 5.10 Å². The Morgan fingerprint density at radius 1 is 1.42 bits per heavy atom. The lowest BCUT2D eigenvalue weighted by molar-refractivity contribution is -0.136. The first-order chi connectivity index (χ1) is 9.06. The molecule has 100 valence electrons. The normalized spacial score (nSPS) is 10.9. The minimum absolute atomic E-state index is 0.0741. The maximum atomic E-state index is 10.5. The first kappa shape index (κ1) is 13.3. The number of rotatable bonds is 5. The average molecular weight is 259 g/mol. The summed E-state index contributed by atoms with van der Waals surface area (Å²) in [6.45, 7) is 4.28. The summed E-state index contributed by atoms with van der Waals surface area (Å²) in [4.78, 5) is 10.5. The molecule has 0 aliphatic heterocycles. The third-order valence-electron chi connectivity index (χ3n) is 2.94. The number of benzene rings is 1. The summed E-state index contributed by atoms with van der Waals surface area (Å²) in [5.74, 6) is -0.369. The summed E-state index contributed by atoms with van der Waals surface area (Å²) < 4.78 is 1.68. The first-order valence-corrected chi connectivity index (χ1v) is 6.29. The quantitative estimate of drug-likeness (QED) is 0.895. The van der Waals surface area contributed by atoms with Gasteiger partial charge in [0.2, 0.25) is 0 Å². The van der Waals surface area contributed by atoms with Gasteiger partial charge in [0.05, 0.1) is 24.0 Å². The molecular formula is C14H17N3O2. The Morgan fingerprint density at radius 3 is 2.89 bits per heavy atom. The van der Waals surface area contributed by atoms with Crippen molar-refractivity contribution in [2.75, 3.05) is 0 Å². The molecule has 0 aliphatic carbocycles. The van der Waals surface area contributed by atoms with Gasteiger partial charge in [-0.1, -0.05) is 31.2 Å². The molecule has 1 aromatic heterocycles. The summed E-state index contributed by atoms with van der Waals surface area (Å²) in [6, 6.07) is 8.10. The Labute approximate surface area is 111 Å². The van der Waals surface area contributed by atoms with Crippen molar-refractivity contribution in [3.63, 3.8) is 0 Å². The van der Waals surface area contributed by atoms with Gasteiger partial charge >= 0.3 is 5.97 Å². The molecule has 2 aromatic rings. The van der Waals surface area contributed by atoms with E-state index in [1.807, 2.05) is 12.1 Å². The number of carboxylic acids is 1. The van der Waals surface area contributed by atoms with E-state index in [2.05, 4.69) is 36.3 Å². The molecular weight excluding hydrogens is 242 g/mol. The third kappa shape index (κ3) is 3.40. The van der Waals surface area contributed by atoms with Crippen LogP contribution in [0.5, 0.6) is 0 Å². The Kier molecular flexibility index (Phi) is 3.94. The van der Waals surface area contributed by atoms with Gasteiger partial charge in [-0.05, 0) is 23.6 Å². The van der Waals surface area contributed by atoms with E-state index in [-0.39, 0.29) is 6.42 Å². The zero-order valence-electron chi connectivity index (χ0n) is 11.1. The topological polar surface area (TPSA) is 68.0 Å². The van der Waals surface area contributed by atoms with Crippen LogP contribution >= 0.6 is 0 Å². The number of carboxylic acid groups (broad SMARTS) is 1. The van der Waals surface area contributed by atoms with E-state index in [1.165, 1.54) is 5.56 Å². The SMILES string of the molecule is CC(C)c1cccc(-n2cc(CCC(=O)O)nn2)c1. The van der Waals surface area contributed by atoms with Crippen molar-refractivity contribution < 1.29 is 9.90 Å². The van der Waals surface area contributed by atoms with Crippen molar-refractivity contribution in [3.05, 3.63) is 41.7 Å². The van der Waals surface area contributed by atoms with Crippen molar-refractivity contribution >= 4 is 5.97 Å². The van der Waals surface area contributed by atoms with Crippen LogP contribution in [0.25, 0.3) is 5.69 Å². The molecule has 0 fully saturated rings. The number of hydrogen-bond acceptors (Lipinski definition) is 3. The molecule has 2 rings (SSSR count). The fourth-order valence-corrected chi connectivity index (χ4v) is 1.80. The molecule has 0 spiro atoms. The molecule has 0 saturated carbocycles. The van der Waals surface area contributed by atoms with Crippen molar-refractivity contribution in [2.45, 2.75) is 32.6 Å². The minimum Gasteiger partial charge on any atom is -0.481 e. The van der Waals surface area contributed by atoms with Crippen LogP contribution in [0.3, 0.4) is 0 Å². The van der Waals surface area contributed by atoms with Crippen LogP contribution < -0.4 is 0 Å². The van der Waals surface area contributed by atoms with E-state index in [9.17, 15) is 4.79 Å². The molecule has 5 heteroatoms.